The van der Waals surface area contributed by atoms with E-state index in [0.29, 0.717) is 23.7 Å². The minimum absolute atomic E-state index is 0.246. The van der Waals surface area contributed by atoms with Gasteiger partial charge in [0.25, 0.3) is 0 Å². The Morgan fingerprint density at radius 2 is 2.12 bits per heavy atom. The van der Waals surface area contributed by atoms with E-state index in [0.717, 1.165) is 5.56 Å². The molecule has 88 valence electrons. The van der Waals surface area contributed by atoms with Gasteiger partial charge in [0.05, 0.1) is 0 Å². The first-order chi connectivity index (χ1) is 8.19. The Morgan fingerprint density at radius 1 is 1.29 bits per heavy atom. The number of hydrogen-bond acceptors (Lipinski definition) is 3. The van der Waals surface area contributed by atoms with Gasteiger partial charge < -0.3 is 10.5 Å². The van der Waals surface area contributed by atoms with Gasteiger partial charge in [-0.3, -0.25) is 0 Å². The fourth-order valence-electron chi connectivity index (χ4n) is 1.39. The van der Waals surface area contributed by atoms with E-state index < -0.39 is 0 Å². The van der Waals surface area contributed by atoms with Gasteiger partial charge in [-0.2, -0.15) is 0 Å². The van der Waals surface area contributed by atoms with Crippen LogP contribution in [-0.4, -0.2) is 4.98 Å². The molecule has 0 radical (unpaired) electrons. The van der Waals surface area contributed by atoms with E-state index in [4.69, 9.17) is 10.5 Å². The minimum atomic E-state index is -0.246. The van der Waals surface area contributed by atoms with Crippen LogP contribution in [0.1, 0.15) is 11.1 Å². The summed E-state index contributed by atoms with van der Waals surface area (Å²) in [5.41, 5.74) is 6.95. The normalized spacial score (nSPS) is 10.3. The van der Waals surface area contributed by atoms with E-state index in [2.05, 4.69) is 4.98 Å². The summed E-state index contributed by atoms with van der Waals surface area (Å²) in [4.78, 5) is 4.10. The van der Waals surface area contributed by atoms with Gasteiger partial charge in [0, 0.05) is 18.8 Å². The Hall–Kier alpha value is -1.94. The number of ether oxygens (including phenoxy) is 1. The molecule has 0 saturated carbocycles. The Labute approximate surface area is 99.1 Å². The van der Waals surface area contributed by atoms with Crippen LogP contribution in [0.3, 0.4) is 0 Å². The molecule has 1 aromatic heterocycles. The number of aryl methyl sites for hydroxylation is 1. The van der Waals surface area contributed by atoms with E-state index in [9.17, 15) is 4.39 Å². The molecule has 0 fully saturated rings. The highest BCUT2D eigenvalue weighted by Gasteiger charge is 2.02. The van der Waals surface area contributed by atoms with Gasteiger partial charge in [-0.05, 0) is 36.2 Å². The number of benzene rings is 1. The van der Waals surface area contributed by atoms with Crippen LogP contribution in [0.4, 0.5) is 4.39 Å². The molecule has 0 aliphatic rings. The van der Waals surface area contributed by atoms with Gasteiger partial charge in [0.15, 0.2) is 0 Å². The van der Waals surface area contributed by atoms with Crippen molar-refractivity contribution in [2.45, 2.75) is 13.5 Å². The first-order valence-electron chi connectivity index (χ1n) is 5.28. The van der Waals surface area contributed by atoms with Gasteiger partial charge in [-0.1, -0.05) is 6.07 Å². The van der Waals surface area contributed by atoms with Crippen molar-refractivity contribution in [1.29, 1.82) is 0 Å². The van der Waals surface area contributed by atoms with Crippen LogP contribution in [0.15, 0.2) is 36.5 Å². The van der Waals surface area contributed by atoms with Crippen LogP contribution in [0.2, 0.25) is 0 Å². The molecular formula is C13H13FN2O. The zero-order valence-corrected chi connectivity index (χ0v) is 9.48. The van der Waals surface area contributed by atoms with Crippen molar-refractivity contribution in [2.75, 3.05) is 0 Å². The molecule has 4 heteroatoms. The molecule has 17 heavy (non-hydrogen) atoms. The topological polar surface area (TPSA) is 48.1 Å². The van der Waals surface area contributed by atoms with E-state index in [1.54, 1.807) is 31.3 Å². The van der Waals surface area contributed by atoms with Gasteiger partial charge in [0.2, 0.25) is 5.88 Å². The fourth-order valence-corrected chi connectivity index (χ4v) is 1.39. The molecule has 0 spiro atoms. The standard InChI is InChI=1S/C13H13FN2O/c1-9-6-11(3-4-12(9)14)17-13-5-2-10(7-15)8-16-13/h2-6,8H,7,15H2,1H3. The predicted octanol–water partition coefficient (Wildman–Crippen LogP) is 2.78. The van der Waals surface area contributed by atoms with Crippen LogP contribution in [0, 0.1) is 12.7 Å². The summed E-state index contributed by atoms with van der Waals surface area (Å²) in [5.74, 6) is 0.786. The SMILES string of the molecule is Cc1cc(Oc2ccc(CN)cn2)ccc1F. The van der Waals surface area contributed by atoms with Crippen LogP contribution < -0.4 is 10.5 Å². The van der Waals surface area contributed by atoms with Crippen LogP contribution in [0.25, 0.3) is 0 Å². The van der Waals surface area contributed by atoms with Crippen molar-refractivity contribution in [1.82, 2.24) is 4.98 Å². The van der Waals surface area contributed by atoms with Crippen LogP contribution >= 0.6 is 0 Å². The molecule has 2 rings (SSSR count). The Balaban J connectivity index is 2.16. The molecule has 0 aliphatic carbocycles. The Bertz CT molecular complexity index is 511. The second kappa shape index (κ2) is 4.93. The molecule has 1 aromatic carbocycles. The number of hydrogen-bond donors (Lipinski definition) is 1. The Morgan fingerprint density at radius 3 is 2.71 bits per heavy atom. The van der Waals surface area contributed by atoms with Crippen molar-refractivity contribution in [3.8, 4) is 11.6 Å². The summed E-state index contributed by atoms with van der Waals surface area (Å²) < 4.78 is 18.5. The molecule has 0 aliphatic heterocycles. The lowest BCUT2D eigenvalue weighted by Crippen LogP contribution is -1.97. The summed E-state index contributed by atoms with van der Waals surface area (Å²) in [6, 6.07) is 8.16. The average Bonchev–Trinajstić information content (AvgIpc) is 2.35. The number of nitrogens with two attached hydrogens (primary N) is 1. The van der Waals surface area contributed by atoms with Crippen molar-refractivity contribution < 1.29 is 9.13 Å². The number of aromatic nitrogens is 1. The maximum Gasteiger partial charge on any atom is 0.219 e. The lowest BCUT2D eigenvalue weighted by atomic mass is 10.2. The summed E-state index contributed by atoms with van der Waals surface area (Å²) >= 11 is 0. The largest absolute Gasteiger partial charge is 0.439 e. The maximum atomic E-state index is 13.1. The minimum Gasteiger partial charge on any atom is -0.439 e. The lowest BCUT2D eigenvalue weighted by molar-refractivity contribution is 0.460. The lowest BCUT2D eigenvalue weighted by Gasteiger charge is -2.06. The second-order valence-corrected chi connectivity index (χ2v) is 3.72. The Kier molecular flexibility index (Phi) is 3.35. The van der Waals surface area contributed by atoms with E-state index in [-0.39, 0.29) is 5.82 Å². The number of halogens is 1. The first kappa shape index (κ1) is 11.5. The average molecular weight is 232 g/mol. The summed E-state index contributed by atoms with van der Waals surface area (Å²) in [6.07, 6.45) is 1.66. The van der Waals surface area contributed by atoms with E-state index in [1.807, 2.05) is 6.07 Å². The molecule has 0 bridgehead atoms. The second-order valence-electron chi connectivity index (χ2n) is 3.72. The third-order valence-corrected chi connectivity index (χ3v) is 2.39. The highest BCUT2D eigenvalue weighted by atomic mass is 19.1. The highest BCUT2D eigenvalue weighted by molar-refractivity contribution is 5.32. The highest BCUT2D eigenvalue weighted by Crippen LogP contribution is 2.21. The van der Waals surface area contributed by atoms with Crippen molar-refractivity contribution in [2.24, 2.45) is 5.73 Å². The number of pyridine rings is 1. The van der Waals surface area contributed by atoms with E-state index in [1.165, 1.54) is 6.07 Å². The molecule has 3 nitrogen and oxygen atoms in total. The van der Waals surface area contributed by atoms with Gasteiger partial charge in [0.1, 0.15) is 11.6 Å². The quantitative estimate of drug-likeness (QED) is 0.885. The van der Waals surface area contributed by atoms with Crippen molar-refractivity contribution >= 4 is 0 Å². The van der Waals surface area contributed by atoms with Crippen LogP contribution in [-0.2, 0) is 6.54 Å². The third kappa shape index (κ3) is 2.79. The molecule has 2 aromatic rings. The fraction of sp³-hybridized carbons (Fsp3) is 0.154. The molecule has 0 saturated heterocycles. The smallest absolute Gasteiger partial charge is 0.219 e. The monoisotopic (exact) mass is 232 g/mol. The third-order valence-electron chi connectivity index (χ3n) is 2.39. The number of nitrogens with zero attached hydrogens (tertiary/aromatic N) is 1. The zero-order valence-electron chi connectivity index (χ0n) is 9.48. The number of rotatable bonds is 3. The molecule has 2 N–H and O–H groups in total. The summed E-state index contributed by atoms with van der Waals surface area (Å²) in [6.45, 7) is 2.13. The maximum absolute atomic E-state index is 13.1. The van der Waals surface area contributed by atoms with Gasteiger partial charge in [-0.15, -0.1) is 0 Å². The van der Waals surface area contributed by atoms with Crippen molar-refractivity contribution in [3.05, 3.63) is 53.5 Å². The van der Waals surface area contributed by atoms with Crippen LogP contribution in [0.5, 0.6) is 11.6 Å². The van der Waals surface area contributed by atoms with Gasteiger partial charge >= 0.3 is 0 Å². The zero-order chi connectivity index (χ0) is 12.3. The molecule has 1 heterocycles. The summed E-state index contributed by atoms with van der Waals surface area (Å²) in [7, 11) is 0. The molecule has 0 unspecified atom stereocenters. The molecular weight excluding hydrogens is 219 g/mol. The first-order valence-corrected chi connectivity index (χ1v) is 5.28. The van der Waals surface area contributed by atoms with Gasteiger partial charge in [-0.25, -0.2) is 9.37 Å². The molecule has 0 atom stereocenters. The van der Waals surface area contributed by atoms with E-state index >= 15 is 0 Å². The molecule has 0 amide bonds. The predicted molar refractivity (Wildman–Crippen MR) is 63.3 cm³/mol. The van der Waals surface area contributed by atoms with Crippen molar-refractivity contribution in [3.63, 3.8) is 0 Å². The summed E-state index contributed by atoms with van der Waals surface area (Å²) in [5, 5.41) is 0.